The fraction of sp³-hybridized carbons (Fsp3) is 0.509. The number of urea groups is 4. The summed E-state index contributed by atoms with van der Waals surface area (Å²) >= 11 is 0. The van der Waals surface area contributed by atoms with Crippen molar-refractivity contribution >= 4 is 52.8 Å². The molecular formula is C110H138N18O10. The highest BCUT2D eigenvalue weighted by Gasteiger charge is 2.62. The quantitative estimate of drug-likeness (QED) is 0.0386. The maximum atomic E-state index is 13.9. The van der Waals surface area contributed by atoms with E-state index in [1.54, 1.807) is 90.9 Å². The smallest absolute Gasteiger partial charge is 0.325 e. The van der Waals surface area contributed by atoms with Crippen LogP contribution in [0.2, 0.25) is 0 Å². The van der Waals surface area contributed by atoms with Crippen molar-refractivity contribution < 1.29 is 48.4 Å². The van der Waals surface area contributed by atoms with Crippen LogP contribution in [-0.4, -0.2) is 247 Å². The highest BCUT2D eigenvalue weighted by molar-refractivity contribution is 6.00. The largest absolute Gasteiger partial charge is 0.495 e. The number of nitriles is 3. The highest BCUT2D eigenvalue weighted by Crippen LogP contribution is 2.57. The molecule has 11 fully saturated rings. The van der Waals surface area contributed by atoms with Crippen LogP contribution < -0.4 is 40.1 Å². The molecule has 5 N–H and O–H groups in total. The molecule has 19 rings (SSSR count). The summed E-state index contributed by atoms with van der Waals surface area (Å²) in [5, 5.41) is 53.4. The predicted octanol–water partition coefficient (Wildman–Crippen LogP) is 16.6. The van der Waals surface area contributed by atoms with Gasteiger partial charge in [-0.3, -0.25) is 39.1 Å². The fourth-order valence-electron chi connectivity index (χ4n) is 24.6. The van der Waals surface area contributed by atoms with Crippen LogP contribution in [0.4, 0.5) is 41.9 Å². The molecule has 0 atom stereocenters. The van der Waals surface area contributed by atoms with E-state index in [2.05, 4.69) is 212 Å². The number of hydrogen-bond donors (Lipinski definition) is 4. The number of carbonyl (C=O) groups excluding carboxylic acids is 5. The van der Waals surface area contributed by atoms with Crippen molar-refractivity contribution in [3.8, 4) is 29.8 Å². The first kappa shape index (κ1) is 99.0. The maximum absolute atomic E-state index is 13.9. The van der Waals surface area contributed by atoms with Crippen molar-refractivity contribution in [3.05, 3.63) is 239 Å². The normalized spacial score (nSPS) is 26.9. The minimum atomic E-state index is -0.788. The predicted molar refractivity (Wildman–Crippen MR) is 534 cm³/mol. The highest BCUT2D eigenvalue weighted by atomic mass is 16.5. The summed E-state index contributed by atoms with van der Waals surface area (Å²) in [7, 11) is 19.8. The van der Waals surface area contributed by atoms with E-state index < -0.39 is 17.1 Å². The molecule has 28 nitrogen and oxygen atoms in total. The molecule has 0 bridgehead atoms. The third-order valence-electron chi connectivity index (χ3n) is 33.9. The van der Waals surface area contributed by atoms with Gasteiger partial charge in [-0.15, -0.1) is 0 Å². The number of aliphatic hydroxyl groups is 2. The van der Waals surface area contributed by atoms with E-state index in [0.29, 0.717) is 98.2 Å². The zero-order valence-electron chi connectivity index (χ0n) is 82.2. The lowest BCUT2D eigenvalue weighted by Gasteiger charge is -2.52. The number of methoxy groups -OCH3 is 3. The lowest BCUT2D eigenvalue weighted by atomic mass is 9.67. The molecular weight excluding hydrogens is 1730 g/mol. The Bertz CT molecular complexity index is 5730. The number of amides is 9. The van der Waals surface area contributed by atoms with Crippen LogP contribution in [0.5, 0.6) is 11.6 Å². The number of pyridine rings is 2. The van der Waals surface area contributed by atoms with Gasteiger partial charge in [0, 0.05) is 66.3 Å². The van der Waals surface area contributed by atoms with E-state index >= 15 is 0 Å². The fourth-order valence-corrected chi connectivity index (χ4v) is 24.6. The van der Waals surface area contributed by atoms with Gasteiger partial charge in [0.15, 0.2) is 0 Å². The number of benzene rings is 6. The van der Waals surface area contributed by atoms with Crippen LogP contribution in [0, 0.1) is 39.9 Å². The van der Waals surface area contributed by atoms with Crippen LogP contribution in [-0.2, 0) is 26.9 Å². The van der Waals surface area contributed by atoms with E-state index in [1.807, 2.05) is 42.7 Å². The Hall–Kier alpha value is -12.0. The topological polar surface area (TPSA) is 324 Å². The summed E-state index contributed by atoms with van der Waals surface area (Å²) in [5.41, 5.74) is 12.1. The maximum Gasteiger partial charge on any atom is 0.325 e. The summed E-state index contributed by atoms with van der Waals surface area (Å²) < 4.78 is 16.4. The Labute approximate surface area is 814 Å². The van der Waals surface area contributed by atoms with E-state index in [1.165, 1.54) is 48.6 Å². The third-order valence-corrected chi connectivity index (χ3v) is 33.9. The number of nitrogens with one attached hydrogen (secondary N) is 1. The lowest BCUT2D eigenvalue weighted by Crippen LogP contribution is -2.59. The van der Waals surface area contributed by atoms with Crippen LogP contribution in [0.25, 0.3) is 0 Å². The first-order valence-corrected chi connectivity index (χ1v) is 49.5. The van der Waals surface area contributed by atoms with E-state index in [-0.39, 0.29) is 74.1 Å². The summed E-state index contributed by atoms with van der Waals surface area (Å²) in [6.07, 6.45) is 25.8. The molecule has 6 aromatic carbocycles. The monoisotopic (exact) mass is 1870 g/mol. The van der Waals surface area contributed by atoms with Gasteiger partial charge in [0.25, 0.3) is 0 Å². The Kier molecular flexibility index (Phi) is 29.3. The van der Waals surface area contributed by atoms with Gasteiger partial charge in [0.2, 0.25) is 11.8 Å². The molecule has 8 aromatic rings. The molecule has 728 valence electrons. The lowest BCUT2D eigenvalue weighted by molar-refractivity contribution is -0.0726. The van der Waals surface area contributed by atoms with Gasteiger partial charge < -0.3 is 55.1 Å². The summed E-state index contributed by atoms with van der Waals surface area (Å²) in [6, 6.07) is 68.1. The van der Waals surface area contributed by atoms with Gasteiger partial charge in [0.05, 0.1) is 116 Å². The molecule has 4 aliphatic heterocycles. The third kappa shape index (κ3) is 19.0. The molecule has 11 aliphatic rings. The second-order valence-electron chi connectivity index (χ2n) is 41.4. The number of ether oxygens (including phenoxy) is 3. The number of nitrogens with two attached hydrogens (primary N) is 1. The number of β-amino-alcohol motifs (C(OH)–C–C–N with tert-alkyl or cyclic N) is 2. The standard InChI is InChI=1S/C28H36N4O3.C28H34N4O2.C27H35N5O3.C27H33N5O2/c1-30(2)28(22-7-4-3-5-8-22)17-15-26(16-18-28)19-31(23-11-9-21(10-12-23)24(29)33)25(34)32(26)20-27(35)13-6-14-27;1-30-28(23-9-4-3-5-10-23)15-13-27(14-16-28)20-31(26(33)32(27)19-21-7-6-8-21)24-12-11-22(18-29)17-25(24)34-2;1-30(2)27(21-9-6-5-7-10-21)15-13-26(14-16-27)20-31(25(33)32(26)17-8-18-34-3)23-12-11-22(19-28)29-24(23)35-4;1-30(2)27(21-7-4-3-5-8-21)15-13-25(14-16-27)19-31(23-10-9-22(17-28)29-18-23)24(33)32(25)20-26(34)11-6-12-26/h3-5,7-12,35H,6,13-20H2,1-2H3,(H2,29,33);3-5,9-12,17,21,30H,6-8,13-16,19-20H2,1-2H3;5-7,9-12H,8,13-18,20H2,1-4H3;3-5,7-10,18,34H,6,11-16,19-20H2,1-2H3. The van der Waals surface area contributed by atoms with Crippen LogP contribution in [0.15, 0.2) is 194 Å². The van der Waals surface area contributed by atoms with Crippen LogP contribution in [0.3, 0.4) is 0 Å². The van der Waals surface area contributed by atoms with Crippen LogP contribution >= 0.6 is 0 Å². The van der Waals surface area contributed by atoms with Crippen molar-refractivity contribution in [2.45, 2.75) is 222 Å². The van der Waals surface area contributed by atoms with Crippen LogP contribution in [0.1, 0.15) is 217 Å². The molecule has 0 radical (unpaired) electrons. The number of carbonyl (C=O) groups is 5. The van der Waals surface area contributed by atoms with Crippen molar-refractivity contribution in [1.29, 1.82) is 15.8 Å². The van der Waals surface area contributed by atoms with Gasteiger partial charge in [-0.1, -0.05) is 128 Å². The van der Waals surface area contributed by atoms with Crippen molar-refractivity contribution in [3.63, 3.8) is 0 Å². The Morgan fingerprint density at radius 3 is 1.25 bits per heavy atom. The number of nitrogens with zero attached hydrogens (tertiary/aromatic N) is 16. The van der Waals surface area contributed by atoms with Gasteiger partial charge in [-0.05, 0) is 299 Å². The zero-order chi connectivity index (χ0) is 97.6. The SMILES string of the molecule is CN(C)C1(c2ccccc2)CCC2(CC1)CN(c1ccc(C#N)nc1)C(=O)N2CC1(O)CCC1.CN(C)C1(c2ccccc2)CCC2(CC1)CN(c1ccc(C(N)=O)cc1)C(=O)N2CC1(O)CCC1.CNC1(c2ccccc2)CCC2(CC1)CN(c1ccc(C#N)cc1OC)C(=O)N2CC1CCC1.COCCCN1C(=O)N(c2ccc(C#N)nc2OC)CC12CCC(c1ccccc1)(N(C)C)CC2. The molecule has 4 spiro atoms. The van der Waals surface area contributed by atoms with Gasteiger partial charge in [-0.2, -0.15) is 15.8 Å². The van der Waals surface area contributed by atoms with E-state index in [0.717, 1.165) is 166 Å². The zero-order valence-corrected chi connectivity index (χ0v) is 82.2. The van der Waals surface area contributed by atoms with Gasteiger partial charge in [-0.25, -0.2) is 29.1 Å². The van der Waals surface area contributed by atoms with Crippen molar-refractivity contribution in [1.82, 2.24) is 49.6 Å². The number of primary amides is 1. The summed E-state index contributed by atoms with van der Waals surface area (Å²) in [6.45, 7) is 5.23. The molecule has 138 heavy (non-hydrogen) atoms. The van der Waals surface area contributed by atoms with Crippen molar-refractivity contribution in [2.24, 2.45) is 11.7 Å². The second kappa shape index (κ2) is 40.8. The molecule has 9 amide bonds. The molecule has 7 saturated carbocycles. The molecule has 7 aliphatic carbocycles. The molecule has 6 heterocycles. The Morgan fingerprint density at radius 2 is 0.862 bits per heavy atom. The number of rotatable bonds is 25. The average Bonchev–Trinajstić information content (AvgIpc) is 1.59. The van der Waals surface area contributed by atoms with E-state index in [9.17, 15) is 44.7 Å². The molecule has 28 heteroatoms. The summed E-state index contributed by atoms with van der Waals surface area (Å²) in [4.78, 5) is 97.8. The minimum Gasteiger partial charge on any atom is -0.495 e. The first-order valence-electron chi connectivity index (χ1n) is 49.5. The molecule has 0 unspecified atom stereocenters. The number of anilines is 4. The average molecular weight is 1870 g/mol. The van der Waals surface area contributed by atoms with Crippen molar-refractivity contribution in [2.75, 3.05) is 149 Å². The first-order chi connectivity index (χ1) is 66.4. The Balaban J connectivity index is 0.000000133. The minimum absolute atomic E-state index is 0.0389. The number of aromatic nitrogens is 2. The number of hydrogen-bond acceptors (Lipinski definition) is 19. The second-order valence-corrected chi connectivity index (χ2v) is 41.4. The summed E-state index contributed by atoms with van der Waals surface area (Å²) in [5.74, 6) is 1.00. The van der Waals surface area contributed by atoms with Gasteiger partial charge >= 0.3 is 24.1 Å². The Morgan fingerprint density at radius 1 is 0.457 bits per heavy atom. The van der Waals surface area contributed by atoms with Gasteiger partial charge in [0.1, 0.15) is 35.0 Å². The molecule has 4 saturated heterocycles. The molecule has 2 aromatic heterocycles. The van der Waals surface area contributed by atoms with E-state index in [4.69, 9.17) is 25.2 Å².